The van der Waals surface area contributed by atoms with Gasteiger partial charge in [0.1, 0.15) is 5.75 Å². The monoisotopic (exact) mass is 302 g/mol. The summed E-state index contributed by atoms with van der Waals surface area (Å²) >= 11 is 11.7. The van der Waals surface area contributed by atoms with Gasteiger partial charge >= 0.3 is 0 Å². The molecule has 104 valence electrons. The summed E-state index contributed by atoms with van der Waals surface area (Å²) in [5.41, 5.74) is 0. The molecule has 0 unspecified atom stereocenters. The van der Waals surface area contributed by atoms with Gasteiger partial charge in [0.2, 0.25) is 0 Å². The van der Waals surface area contributed by atoms with E-state index in [0.717, 1.165) is 25.9 Å². The summed E-state index contributed by atoms with van der Waals surface area (Å²) in [5, 5.41) is 7.10. The van der Waals surface area contributed by atoms with E-state index in [1.165, 1.54) is 0 Å². The fraction of sp³-hybridized carbons (Fsp3) is 0.462. The minimum Gasteiger partial charge on any atom is -0.482 e. The van der Waals surface area contributed by atoms with E-state index in [1.54, 1.807) is 18.2 Å². The van der Waals surface area contributed by atoms with Gasteiger partial charge < -0.3 is 15.4 Å². The standard InChI is InChI=1S/C13H16Cl2N2O2/c14-9-3-4-12(11(15)6-9)19-8-13(18)17-10-2-1-5-16-7-10/h3-4,6,10,16H,1-2,5,7-8H2,(H,17,18)/t10-/m0/s1. The van der Waals surface area contributed by atoms with Gasteiger partial charge in [-0.05, 0) is 37.6 Å². The lowest BCUT2D eigenvalue weighted by Crippen LogP contribution is -2.47. The van der Waals surface area contributed by atoms with Crippen molar-refractivity contribution in [3.8, 4) is 5.75 Å². The molecule has 0 aromatic heterocycles. The lowest BCUT2D eigenvalue weighted by atomic mass is 10.1. The van der Waals surface area contributed by atoms with Crippen LogP contribution in [0.25, 0.3) is 0 Å². The SMILES string of the molecule is O=C(COc1ccc(Cl)cc1Cl)N[C@H]1CCCNC1. The van der Waals surface area contributed by atoms with Crippen LogP contribution in [0.15, 0.2) is 18.2 Å². The molecular weight excluding hydrogens is 287 g/mol. The van der Waals surface area contributed by atoms with Crippen molar-refractivity contribution >= 4 is 29.1 Å². The van der Waals surface area contributed by atoms with Crippen molar-refractivity contribution in [3.63, 3.8) is 0 Å². The fourth-order valence-corrected chi connectivity index (χ4v) is 2.44. The van der Waals surface area contributed by atoms with Crippen LogP contribution < -0.4 is 15.4 Å². The summed E-state index contributed by atoms with van der Waals surface area (Å²) in [6, 6.07) is 5.10. The maximum Gasteiger partial charge on any atom is 0.258 e. The fourth-order valence-electron chi connectivity index (χ4n) is 1.98. The molecule has 1 heterocycles. The Morgan fingerprint density at radius 3 is 3.00 bits per heavy atom. The Morgan fingerprint density at radius 1 is 1.47 bits per heavy atom. The molecule has 1 aliphatic rings. The molecule has 1 amide bonds. The topological polar surface area (TPSA) is 50.4 Å². The van der Waals surface area contributed by atoms with Gasteiger partial charge in [0.25, 0.3) is 5.91 Å². The molecule has 2 N–H and O–H groups in total. The number of hydrogen-bond donors (Lipinski definition) is 2. The van der Waals surface area contributed by atoms with Crippen LogP contribution in [-0.2, 0) is 4.79 Å². The number of halogens is 2. The van der Waals surface area contributed by atoms with E-state index < -0.39 is 0 Å². The highest BCUT2D eigenvalue weighted by Gasteiger charge is 2.15. The first kappa shape index (κ1) is 14.4. The summed E-state index contributed by atoms with van der Waals surface area (Å²) in [7, 11) is 0. The Bertz CT molecular complexity index is 448. The Labute approximate surface area is 122 Å². The second kappa shape index (κ2) is 6.98. The average Bonchev–Trinajstić information content (AvgIpc) is 2.39. The van der Waals surface area contributed by atoms with E-state index in [9.17, 15) is 4.79 Å². The highest BCUT2D eigenvalue weighted by atomic mass is 35.5. The number of carbonyl (C=O) groups is 1. The normalized spacial score (nSPS) is 18.9. The van der Waals surface area contributed by atoms with Crippen LogP contribution in [-0.4, -0.2) is 31.6 Å². The highest BCUT2D eigenvalue weighted by Crippen LogP contribution is 2.27. The third-order valence-corrected chi connectivity index (χ3v) is 3.45. The van der Waals surface area contributed by atoms with E-state index >= 15 is 0 Å². The smallest absolute Gasteiger partial charge is 0.258 e. The van der Waals surface area contributed by atoms with Crippen LogP contribution >= 0.6 is 23.2 Å². The van der Waals surface area contributed by atoms with Gasteiger partial charge in [0.05, 0.1) is 5.02 Å². The Balaban J connectivity index is 1.79. The molecule has 4 nitrogen and oxygen atoms in total. The van der Waals surface area contributed by atoms with Crippen molar-refractivity contribution in [3.05, 3.63) is 28.2 Å². The molecule has 19 heavy (non-hydrogen) atoms. The summed E-state index contributed by atoms with van der Waals surface area (Å²) in [6.07, 6.45) is 2.08. The van der Waals surface area contributed by atoms with Crippen molar-refractivity contribution in [1.29, 1.82) is 0 Å². The lowest BCUT2D eigenvalue weighted by molar-refractivity contribution is -0.123. The Hall–Kier alpha value is -0.970. The number of ether oxygens (including phenoxy) is 1. The summed E-state index contributed by atoms with van der Waals surface area (Å²) in [6.45, 7) is 1.79. The molecule has 1 aromatic rings. The maximum absolute atomic E-state index is 11.7. The predicted octanol–water partition coefficient (Wildman–Crippen LogP) is 2.24. The molecule has 0 spiro atoms. The van der Waals surface area contributed by atoms with Crippen LogP contribution in [0, 0.1) is 0 Å². The van der Waals surface area contributed by atoms with Crippen molar-refractivity contribution in [1.82, 2.24) is 10.6 Å². The second-order valence-electron chi connectivity index (χ2n) is 4.47. The summed E-state index contributed by atoms with van der Waals surface area (Å²) < 4.78 is 5.37. The van der Waals surface area contributed by atoms with E-state index in [1.807, 2.05) is 0 Å². The number of rotatable bonds is 4. The number of nitrogens with one attached hydrogen (secondary N) is 2. The number of benzene rings is 1. The molecule has 1 aliphatic heterocycles. The second-order valence-corrected chi connectivity index (χ2v) is 5.32. The predicted molar refractivity (Wildman–Crippen MR) is 76.0 cm³/mol. The third-order valence-electron chi connectivity index (χ3n) is 2.91. The van der Waals surface area contributed by atoms with Crippen LogP contribution in [0.1, 0.15) is 12.8 Å². The number of piperidine rings is 1. The van der Waals surface area contributed by atoms with E-state index in [2.05, 4.69) is 10.6 Å². The van der Waals surface area contributed by atoms with Gasteiger partial charge in [-0.15, -0.1) is 0 Å². The number of hydrogen-bond acceptors (Lipinski definition) is 3. The van der Waals surface area contributed by atoms with Gasteiger partial charge in [-0.1, -0.05) is 23.2 Å². The molecule has 6 heteroatoms. The average molecular weight is 303 g/mol. The molecule has 0 radical (unpaired) electrons. The van der Waals surface area contributed by atoms with Gasteiger partial charge in [-0.2, -0.15) is 0 Å². The quantitative estimate of drug-likeness (QED) is 0.897. The lowest BCUT2D eigenvalue weighted by Gasteiger charge is -2.23. The molecule has 0 saturated carbocycles. The zero-order valence-electron chi connectivity index (χ0n) is 10.4. The minimum atomic E-state index is -0.139. The zero-order chi connectivity index (χ0) is 13.7. The summed E-state index contributed by atoms with van der Waals surface area (Å²) in [4.78, 5) is 11.7. The van der Waals surface area contributed by atoms with Gasteiger partial charge in [-0.25, -0.2) is 0 Å². The first-order valence-electron chi connectivity index (χ1n) is 6.23. The highest BCUT2D eigenvalue weighted by molar-refractivity contribution is 6.35. The molecule has 0 bridgehead atoms. The van der Waals surface area contributed by atoms with Crippen molar-refractivity contribution in [2.24, 2.45) is 0 Å². The molecule has 1 saturated heterocycles. The zero-order valence-corrected chi connectivity index (χ0v) is 11.9. The molecule has 2 rings (SSSR count). The van der Waals surface area contributed by atoms with E-state index in [0.29, 0.717) is 15.8 Å². The molecular formula is C13H16Cl2N2O2. The van der Waals surface area contributed by atoms with Gasteiger partial charge in [-0.3, -0.25) is 4.79 Å². The first-order chi connectivity index (χ1) is 9.15. The van der Waals surface area contributed by atoms with Crippen molar-refractivity contribution in [2.75, 3.05) is 19.7 Å². The van der Waals surface area contributed by atoms with Crippen LogP contribution in [0.2, 0.25) is 10.0 Å². The third kappa shape index (κ3) is 4.56. The van der Waals surface area contributed by atoms with E-state index in [4.69, 9.17) is 27.9 Å². The van der Waals surface area contributed by atoms with Gasteiger partial charge in [0.15, 0.2) is 6.61 Å². The molecule has 1 fully saturated rings. The maximum atomic E-state index is 11.7. The number of amides is 1. The number of carbonyl (C=O) groups excluding carboxylic acids is 1. The molecule has 1 aromatic carbocycles. The molecule has 1 atom stereocenters. The van der Waals surface area contributed by atoms with Crippen LogP contribution in [0.5, 0.6) is 5.75 Å². The van der Waals surface area contributed by atoms with Crippen LogP contribution in [0.4, 0.5) is 0 Å². The minimum absolute atomic E-state index is 0.0438. The van der Waals surface area contributed by atoms with Crippen molar-refractivity contribution < 1.29 is 9.53 Å². The Kier molecular flexibility index (Phi) is 5.31. The molecule has 0 aliphatic carbocycles. The van der Waals surface area contributed by atoms with Gasteiger partial charge in [0, 0.05) is 17.6 Å². The van der Waals surface area contributed by atoms with Crippen LogP contribution in [0.3, 0.4) is 0 Å². The first-order valence-corrected chi connectivity index (χ1v) is 6.98. The summed E-state index contributed by atoms with van der Waals surface area (Å²) in [5.74, 6) is 0.322. The van der Waals surface area contributed by atoms with Crippen molar-refractivity contribution in [2.45, 2.75) is 18.9 Å². The Morgan fingerprint density at radius 2 is 2.32 bits per heavy atom. The largest absolute Gasteiger partial charge is 0.482 e. The van der Waals surface area contributed by atoms with E-state index in [-0.39, 0.29) is 18.6 Å².